The highest BCUT2D eigenvalue weighted by Crippen LogP contribution is 2.29. The summed E-state index contributed by atoms with van der Waals surface area (Å²) in [7, 11) is 0. The molecular formula is C25H29NO5. The van der Waals surface area contributed by atoms with Gasteiger partial charge < -0.3 is 14.8 Å². The van der Waals surface area contributed by atoms with Crippen LogP contribution in [-0.4, -0.2) is 30.5 Å². The first-order chi connectivity index (χ1) is 14.8. The number of hydrogen-bond donors (Lipinski definition) is 1. The van der Waals surface area contributed by atoms with Crippen molar-refractivity contribution in [3.63, 3.8) is 0 Å². The molecule has 1 aliphatic carbocycles. The van der Waals surface area contributed by atoms with Crippen molar-refractivity contribution in [2.45, 2.75) is 46.1 Å². The van der Waals surface area contributed by atoms with E-state index in [1.54, 1.807) is 24.3 Å². The van der Waals surface area contributed by atoms with Gasteiger partial charge in [-0.2, -0.15) is 0 Å². The van der Waals surface area contributed by atoms with Crippen LogP contribution >= 0.6 is 0 Å². The normalized spacial score (nSPS) is 20.5. The minimum absolute atomic E-state index is 0.140. The van der Waals surface area contributed by atoms with Crippen molar-refractivity contribution in [3.05, 3.63) is 54.1 Å². The Labute approximate surface area is 182 Å². The van der Waals surface area contributed by atoms with Gasteiger partial charge >= 0.3 is 11.9 Å². The maximum Gasteiger partial charge on any atom is 0.338 e. The molecule has 2 aromatic carbocycles. The summed E-state index contributed by atoms with van der Waals surface area (Å²) in [4.78, 5) is 35.5. The molecule has 0 saturated heterocycles. The maximum absolute atomic E-state index is 12.3. The molecule has 1 saturated carbocycles. The molecule has 0 spiro atoms. The van der Waals surface area contributed by atoms with Gasteiger partial charge in [0.2, 0.25) is 0 Å². The minimum Gasteiger partial charge on any atom is -0.452 e. The Kier molecular flexibility index (Phi) is 7.45. The second-order valence-corrected chi connectivity index (χ2v) is 8.21. The molecular weight excluding hydrogens is 394 g/mol. The second kappa shape index (κ2) is 10.2. The molecule has 0 aliphatic heterocycles. The molecule has 2 aromatic rings. The molecule has 3 atom stereocenters. The molecule has 0 radical (unpaired) electrons. The number of carbonyl (C=O) groups is 3. The number of rotatable bonds is 6. The molecule has 0 unspecified atom stereocenters. The van der Waals surface area contributed by atoms with Gasteiger partial charge in [0, 0.05) is 13.0 Å². The lowest BCUT2D eigenvalue weighted by atomic mass is 9.78. The van der Waals surface area contributed by atoms with Crippen LogP contribution < -0.4 is 10.1 Å². The van der Waals surface area contributed by atoms with E-state index in [9.17, 15) is 14.4 Å². The van der Waals surface area contributed by atoms with E-state index in [-0.39, 0.29) is 24.5 Å². The van der Waals surface area contributed by atoms with E-state index in [4.69, 9.17) is 9.47 Å². The van der Waals surface area contributed by atoms with Crippen molar-refractivity contribution in [1.29, 1.82) is 0 Å². The molecule has 0 bridgehead atoms. The molecule has 0 heterocycles. The van der Waals surface area contributed by atoms with Gasteiger partial charge in [-0.3, -0.25) is 9.59 Å². The third-order valence-corrected chi connectivity index (χ3v) is 5.96. The van der Waals surface area contributed by atoms with Crippen molar-refractivity contribution in [2.75, 3.05) is 6.61 Å². The van der Waals surface area contributed by atoms with Crippen molar-refractivity contribution in [2.24, 2.45) is 11.8 Å². The Bertz CT molecular complexity index is 920. The lowest BCUT2D eigenvalue weighted by molar-refractivity contribution is -0.132. The van der Waals surface area contributed by atoms with Crippen molar-refractivity contribution < 1.29 is 23.9 Å². The zero-order chi connectivity index (χ0) is 22.4. The standard InChI is InChI=1S/C25H29NO5/c1-16-5-4-6-23(17(16)2)26-24(28)15-30-25(29)21-9-7-19(8-10-21)20-11-13-22(14-12-20)31-18(3)27/h7-14,16-17,23H,4-6,15H2,1-3H3,(H,26,28)/t16-,17+,23-/m0/s1. The number of nitrogens with one attached hydrogen (secondary N) is 1. The Hall–Kier alpha value is -3.15. The fourth-order valence-electron chi connectivity index (χ4n) is 3.93. The van der Waals surface area contributed by atoms with Crippen LogP contribution in [0, 0.1) is 11.8 Å². The van der Waals surface area contributed by atoms with Gasteiger partial charge in [0.05, 0.1) is 5.56 Å². The van der Waals surface area contributed by atoms with E-state index in [0.29, 0.717) is 23.1 Å². The second-order valence-electron chi connectivity index (χ2n) is 8.21. The number of ether oxygens (including phenoxy) is 2. The van der Waals surface area contributed by atoms with Crippen LogP contribution in [-0.2, 0) is 14.3 Å². The SMILES string of the molecule is CC(=O)Oc1ccc(-c2ccc(C(=O)OCC(=O)N[C@H]3CCC[C@H](C)[C@H]3C)cc2)cc1. The van der Waals surface area contributed by atoms with Gasteiger partial charge in [-0.15, -0.1) is 0 Å². The zero-order valence-corrected chi connectivity index (χ0v) is 18.2. The van der Waals surface area contributed by atoms with E-state index in [1.807, 2.05) is 24.3 Å². The Morgan fingerprint density at radius 1 is 0.935 bits per heavy atom. The zero-order valence-electron chi connectivity index (χ0n) is 18.2. The first kappa shape index (κ1) is 22.5. The monoisotopic (exact) mass is 423 g/mol. The molecule has 31 heavy (non-hydrogen) atoms. The first-order valence-corrected chi connectivity index (χ1v) is 10.7. The largest absolute Gasteiger partial charge is 0.452 e. The summed E-state index contributed by atoms with van der Waals surface area (Å²) in [5.74, 6) is 0.321. The van der Waals surface area contributed by atoms with Gasteiger partial charge in [0.1, 0.15) is 5.75 Å². The lowest BCUT2D eigenvalue weighted by Crippen LogP contribution is -2.45. The Morgan fingerprint density at radius 2 is 1.55 bits per heavy atom. The number of esters is 2. The van der Waals surface area contributed by atoms with Crippen LogP contribution in [0.4, 0.5) is 0 Å². The van der Waals surface area contributed by atoms with E-state index >= 15 is 0 Å². The average Bonchev–Trinajstić information content (AvgIpc) is 2.75. The summed E-state index contributed by atoms with van der Waals surface area (Å²) in [6.07, 6.45) is 3.26. The predicted octanol–water partition coefficient (Wildman–Crippen LogP) is 4.38. The smallest absolute Gasteiger partial charge is 0.338 e. The highest BCUT2D eigenvalue weighted by Gasteiger charge is 2.28. The fraction of sp³-hybridized carbons (Fsp3) is 0.400. The van der Waals surface area contributed by atoms with Crippen LogP contribution in [0.3, 0.4) is 0 Å². The number of amides is 1. The summed E-state index contributed by atoms with van der Waals surface area (Å²) in [6, 6.07) is 14.2. The van der Waals surface area contributed by atoms with Gasteiger partial charge in [-0.25, -0.2) is 4.79 Å². The van der Waals surface area contributed by atoms with Gasteiger partial charge in [-0.05, 0) is 53.6 Å². The number of carbonyl (C=O) groups excluding carboxylic acids is 3. The average molecular weight is 424 g/mol. The third kappa shape index (κ3) is 6.17. The van der Waals surface area contributed by atoms with Gasteiger partial charge in [0.15, 0.2) is 6.61 Å². The van der Waals surface area contributed by atoms with E-state index in [0.717, 1.165) is 24.0 Å². The van der Waals surface area contributed by atoms with Crippen LogP contribution in [0.15, 0.2) is 48.5 Å². The topological polar surface area (TPSA) is 81.7 Å². The van der Waals surface area contributed by atoms with E-state index in [2.05, 4.69) is 19.2 Å². The van der Waals surface area contributed by atoms with E-state index in [1.165, 1.54) is 13.3 Å². The van der Waals surface area contributed by atoms with Crippen molar-refractivity contribution in [1.82, 2.24) is 5.32 Å². The molecule has 164 valence electrons. The van der Waals surface area contributed by atoms with Gasteiger partial charge in [-0.1, -0.05) is 51.0 Å². The molecule has 1 fully saturated rings. The molecule has 6 nitrogen and oxygen atoms in total. The fourth-order valence-corrected chi connectivity index (χ4v) is 3.93. The molecule has 1 aliphatic rings. The Morgan fingerprint density at radius 3 is 2.16 bits per heavy atom. The predicted molar refractivity (Wildman–Crippen MR) is 118 cm³/mol. The van der Waals surface area contributed by atoms with Crippen molar-refractivity contribution in [3.8, 4) is 16.9 Å². The summed E-state index contributed by atoms with van der Waals surface area (Å²) < 4.78 is 10.2. The van der Waals surface area contributed by atoms with Crippen molar-refractivity contribution >= 4 is 17.8 Å². The molecule has 6 heteroatoms. The highest BCUT2D eigenvalue weighted by molar-refractivity contribution is 5.92. The summed E-state index contributed by atoms with van der Waals surface area (Å²) in [5, 5.41) is 3.01. The molecule has 3 rings (SSSR count). The highest BCUT2D eigenvalue weighted by atomic mass is 16.5. The lowest BCUT2D eigenvalue weighted by Gasteiger charge is -2.34. The first-order valence-electron chi connectivity index (χ1n) is 10.7. The maximum atomic E-state index is 12.3. The van der Waals surface area contributed by atoms with E-state index < -0.39 is 5.97 Å². The molecule has 1 amide bonds. The number of benzene rings is 2. The quantitative estimate of drug-likeness (QED) is 0.551. The van der Waals surface area contributed by atoms with Crippen LogP contribution in [0.5, 0.6) is 5.75 Å². The van der Waals surface area contributed by atoms with Gasteiger partial charge in [0.25, 0.3) is 5.91 Å². The summed E-state index contributed by atoms with van der Waals surface area (Å²) >= 11 is 0. The van der Waals surface area contributed by atoms with Crippen LogP contribution in [0.25, 0.3) is 11.1 Å². The number of hydrogen-bond acceptors (Lipinski definition) is 5. The Balaban J connectivity index is 1.52. The summed E-state index contributed by atoms with van der Waals surface area (Å²) in [6.45, 7) is 5.44. The molecule has 1 N–H and O–H groups in total. The summed E-state index contributed by atoms with van der Waals surface area (Å²) in [5.41, 5.74) is 2.21. The molecule has 0 aromatic heterocycles. The minimum atomic E-state index is -0.531. The van der Waals surface area contributed by atoms with Crippen LogP contribution in [0.1, 0.15) is 50.4 Å². The third-order valence-electron chi connectivity index (χ3n) is 5.96. The van der Waals surface area contributed by atoms with Crippen LogP contribution in [0.2, 0.25) is 0 Å².